The van der Waals surface area contributed by atoms with Gasteiger partial charge in [-0.3, -0.25) is 4.55 Å². The van der Waals surface area contributed by atoms with E-state index < -0.39 is 10.1 Å². The highest BCUT2D eigenvalue weighted by Gasteiger charge is 2.02. The normalized spacial score (nSPS) is 10.1. The van der Waals surface area contributed by atoms with Gasteiger partial charge in [-0.15, -0.1) is 6.58 Å². The quantitative estimate of drug-likeness (QED) is 0.424. The standard InChI is InChI=1S/C5H12O4S.C3H6/c1-2-9-4-3-5-10(6,7)8;1-3-2/h2-5H2,1H3,(H,6,7,8);3H,1H2,2H3. The topological polar surface area (TPSA) is 63.6 Å². The number of hydrogen-bond acceptors (Lipinski definition) is 3. The van der Waals surface area contributed by atoms with Crippen molar-refractivity contribution >= 4 is 10.1 Å². The predicted octanol–water partition coefficient (Wildman–Crippen LogP) is 1.49. The van der Waals surface area contributed by atoms with Gasteiger partial charge < -0.3 is 4.74 Å². The third kappa shape index (κ3) is 24.5. The maximum atomic E-state index is 10.1. The lowest BCUT2D eigenvalue weighted by Gasteiger charge is -1.97. The first-order chi connectivity index (χ1) is 5.97. The summed E-state index contributed by atoms with van der Waals surface area (Å²) in [7, 11) is -3.78. The van der Waals surface area contributed by atoms with E-state index in [0.717, 1.165) is 0 Å². The lowest BCUT2D eigenvalue weighted by Crippen LogP contribution is -2.06. The van der Waals surface area contributed by atoms with Crippen molar-refractivity contribution < 1.29 is 17.7 Å². The van der Waals surface area contributed by atoms with Crippen molar-refractivity contribution in [3.05, 3.63) is 12.7 Å². The summed E-state index contributed by atoms with van der Waals surface area (Å²) < 4.78 is 33.3. The highest BCUT2D eigenvalue weighted by atomic mass is 32.2. The largest absolute Gasteiger partial charge is 0.382 e. The second kappa shape index (κ2) is 9.70. The first-order valence-electron chi connectivity index (χ1n) is 4.07. The molecule has 0 aliphatic carbocycles. The Balaban J connectivity index is 0. The maximum absolute atomic E-state index is 10.1. The molecule has 0 fully saturated rings. The van der Waals surface area contributed by atoms with Crippen LogP contribution < -0.4 is 0 Å². The molecule has 0 saturated heterocycles. The van der Waals surface area contributed by atoms with Crippen molar-refractivity contribution in [3.63, 3.8) is 0 Å². The van der Waals surface area contributed by atoms with Crippen LogP contribution in [0.5, 0.6) is 0 Å². The molecule has 0 aromatic carbocycles. The Morgan fingerprint density at radius 3 is 2.31 bits per heavy atom. The summed E-state index contributed by atoms with van der Waals surface area (Å²) in [6.07, 6.45) is 2.10. The van der Waals surface area contributed by atoms with E-state index in [1.165, 1.54) is 0 Å². The summed E-state index contributed by atoms with van der Waals surface area (Å²) in [5.41, 5.74) is 0. The monoisotopic (exact) mass is 210 g/mol. The van der Waals surface area contributed by atoms with Crippen LogP contribution in [0, 0.1) is 0 Å². The van der Waals surface area contributed by atoms with E-state index in [2.05, 4.69) is 6.58 Å². The van der Waals surface area contributed by atoms with Gasteiger partial charge in [0.05, 0.1) is 5.75 Å². The Labute approximate surface area is 80.4 Å². The minimum Gasteiger partial charge on any atom is -0.382 e. The van der Waals surface area contributed by atoms with Gasteiger partial charge in [0.25, 0.3) is 10.1 Å². The van der Waals surface area contributed by atoms with Gasteiger partial charge in [0, 0.05) is 13.2 Å². The van der Waals surface area contributed by atoms with Crippen LogP contribution >= 0.6 is 0 Å². The summed E-state index contributed by atoms with van der Waals surface area (Å²) in [4.78, 5) is 0. The third-order valence-corrected chi connectivity index (χ3v) is 1.70. The van der Waals surface area contributed by atoms with E-state index in [1.807, 2.05) is 13.8 Å². The lowest BCUT2D eigenvalue weighted by atomic mass is 10.5. The van der Waals surface area contributed by atoms with Crippen molar-refractivity contribution in [2.24, 2.45) is 0 Å². The smallest absolute Gasteiger partial charge is 0.264 e. The van der Waals surface area contributed by atoms with Crippen LogP contribution in [0.2, 0.25) is 0 Å². The molecule has 0 atom stereocenters. The summed E-state index contributed by atoms with van der Waals surface area (Å²) in [6.45, 7) is 8.04. The Morgan fingerprint density at radius 1 is 1.54 bits per heavy atom. The molecule has 13 heavy (non-hydrogen) atoms. The van der Waals surface area contributed by atoms with E-state index in [4.69, 9.17) is 9.29 Å². The molecule has 0 heterocycles. The molecule has 0 aliphatic rings. The van der Waals surface area contributed by atoms with Gasteiger partial charge in [0.1, 0.15) is 0 Å². The molecule has 0 radical (unpaired) electrons. The molecule has 0 spiro atoms. The fraction of sp³-hybridized carbons (Fsp3) is 0.750. The maximum Gasteiger partial charge on any atom is 0.264 e. The minimum absolute atomic E-state index is 0.215. The summed E-state index contributed by atoms with van der Waals surface area (Å²) in [5.74, 6) is -0.215. The molecule has 5 heteroatoms. The van der Waals surface area contributed by atoms with Crippen molar-refractivity contribution in [2.45, 2.75) is 20.3 Å². The molecule has 80 valence electrons. The van der Waals surface area contributed by atoms with Gasteiger partial charge in [-0.1, -0.05) is 6.08 Å². The molecule has 4 nitrogen and oxygen atoms in total. The van der Waals surface area contributed by atoms with Gasteiger partial charge in [0.15, 0.2) is 0 Å². The van der Waals surface area contributed by atoms with Crippen molar-refractivity contribution in [3.8, 4) is 0 Å². The van der Waals surface area contributed by atoms with Gasteiger partial charge in [-0.05, 0) is 20.3 Å². The van der Waals surface area contributed by atoms with Crippen LogP contribution in [0.15, 0.2) is 12.7 Å². The average molecular weight is 210 g/mol. The molecule has 0 saturated carbocycles. The van der Waals surface area contributed by atoms with E-state index in [-0.39, 0.29) is 5.75 Å². The van der Waals surface area contributed by atoms with Crippen LogP contribution in [-0.4, -0.2) is 31.9 Å². The molecular weight excluding hydrogens is 192 g/mol. The van der Waals surface area contributed by atoms with Crippen LogP contribution in [0.4, 0.5) is 0 Å². The predicted molar refractivity (Wildman–Crippen MR) is 53.4 cm³/mol. The molecular formula is C8H18O4S. The highest BCUT2D eigenvalue weighted by Crippen LogP contribution is 1.88. The molecule has 1 N–H and O–H groups in total. The van der Waals surface area contributed by atoms with Crippen molar-refractivity contribution in [1.82, 2.24) is 0 Å². The molecule has 0 aliphatic heterocycles. The van der Waals surface area contributed by atoms with Gasteiger partial charge in [-0.2, -0.15) is 8.42 Å². The molecule has 0 aromatic rings. The zero-order valence-corrected chi connectivity index (χ0v) is 9.01. The number of hydrogen-bond donors (Lipinski definition) is 1. The second-order valence-electron chi connectivity index (χ2n) is 2.24. The Hall–Kier alpha value is -0.390. The second-order valence-corrected chi connectivity index (χ2v) is 3.82. The zero-order valence-electron chi connectivity index (χ0n) is 8.19. The summed E-state index contributed by atoms with van der Waals surface area (Å²) >= 11 is 0. The Kier molecular flexibility index (Phi) is 11.3. The highest BCUT2D eigenvalue weighted by molar-refractivity contribution is 7.85. The fourth-order valence-corrected chi connectivity index (χ4v) is 0.970. The molecule has 0 aromatic heterocycles. The zero-order chi connectivity index (χ0) is 10.7. The van der Waals surface area contributed by atoms with E-state index in [1.54, 1.807) is 6.08 Å². The Morgan fingerprint density at radius 2 is 2.00 bits per heavy atom. The van der Waals surface area contributed by atoms with Gasteiger partial charge >= 0.3 is 0 Å². The number of allylic oxidation sites excluding steroid dienone is 1. The lowest BCUT2D eigenvalue weighted by molar-refractivity contribution is 0.148. The van der Waals surface area contributed by atoms with E-state index in [0.29, 0.717) is 19.6 Å². The van der Waals surface area contributed by atoms with E-state index in [9.17, 15) is 8.42 Å². The Bertz CT molecular complexity index is 196. The van der Waals surface area contributed by atoms with Crippen molar-refractivity contribution in [2.75, 3.05) is 19.0 Å². The summed E-state index contributed by atoms with van der Waals surface area (Å²) in [6, 6.07) is 0. The van der Waals surface area contributed by atoms with Crippen LogP contribution in [0.25, 0.3) is 0 Å². The first kappa shape index (κ1) is 15.1. The third-order valence-electron chi connectivity index (χ3n) is 0.895. The molecule has 0 amide bonds. The van der Waals surface area contributed by atoms with Gasteiger partial charge in [0.2, 0.25) is 0 Å². The number of ether oxygens (including phenoxy) is 1. The molecule has 0 bridgehead atoms. The first-order valence-corrected chi connectivity index (χ1v) is 5.68. The SMILES string of the molecule is C=CC.CCOCCCS(=O)(=O)O. The van der Waals surface area contributed by atoms with E-state index >= 15 is 0 Å². The summed E-state index contributed by atoms with van der Waals surface area (Å²) in [5, 5.41) is 0. The van der Waals surface area contributed by atoms with Crippen LogP contribution in [-0.2, 0) is 14.9 Å². The minimum atomic E-state index is -3.78. The van der Waals surface area contributed by atoms with Gasteiger partial charge in [-0.25, -0.2) is 0 Å². The van der Waals surface area contributed by atoms with Crippen LogP contribution in [0.3, 0.4) is 0 Å². The fourth-order valence-electron chi connectivity index (χ4n) is 0.488. The number of rotatable bonds is 5. The average Bonchev–Trinajstić information content (AvgIpc) is 1.98. The molecule has 0 unspecified atom stereocenters. The van der Waals surface area contributed by atoms with Crippen LogP contribution in [0.1, 0.15) is 20.3 Å². The molecule has 0 rings (SSSR count). The van der Waals surface area contributed by atoms with Crippen molar-refractivity contribution in [1.29, 1.82) is 0 Å².